The first-order valence-electron chi connectivity index (χ1n) is 7.50. The molecule has 0 saturated carbocycles. The number of thiazole rings is 1. The summed E-state index contributed by atoms with van der Waals surface area (Å²) >= 11 is 1.46. The van der Waals surface area contributed by atoms with Crippen LogP contribution in [0.2, 0.25) is 0 Å². The van der Waals surface area contributed by atoms with Crippen molar-refractivity contribution < 1.29 is 14.9 Å². The van der Waals surface area contributed by atoms with Crippen LogP contribution < -0.4 is 9.80 Å². The van der Waals surface area contributed by atoms with E-state index in [1.807, 2.05) is 24.3 Å². The monoisotopic (exact) mass is 316 g/mol. The van der Waals surface area contributed by atoms with Crippen LogP contribution in [0.3, 0.4) is 0 Å². The summed E-state index contributed by atoms with van der Waals surface area (Å²) in [6.07, 6.45) is 0. The molecule has 0 bridgehead atoms. The fraction of sp³-hybridized carbons (Fsp3) is 0.375. The molecule has 1 fully saturated rings. The predicted octanol–water partition coefficient (Wildman–Crippen LogP) is -0.498. The van der Waals surface area contributed by atoms with E-state index < -0.39 is 0 Å². The van der Waals surface area contributed by atoms with Gasteiger partial charge in [0.2, 0.25) is 0 Å². The summed E-state index contributed by atoms with van der Waals surface area (Å²) in [6.45, 7) is 4.76. The molecule has 6 heteroatoms. The van der Waals surface area contributed by atoms with E-state index in [1.54, 1.807) is 0 Å². The van der Waals surface area contributed by atoms with Crippen LogP contribution in [0.4, 0.5) is 0 Å². The summed E-state index contributed by atoms with van der Waals surface area (Å²) in [6, 6.07) is 9.93. The van der Waals surface area contributed by atoms with E-state index in [9.17, 15) is 10.4 Å². The van der Waals surface area contributed by atoms with E-state index in [4.69, 9.17) is 0 Å². The number of nitrogens with zero attached hydrogens (tertiary/aromatic N) is 2. The van der Waals surface area contributed by atoms with Crippen LogP contribution in [-0.2, 0) is 0 Å². The van der Waals surface area contributed by atoms with Gasteiger partial charge >= 0.3 is 0 Å². The van der Waals surface area contributed by atoms with Gasteiger partial charge in [0, 0.05) is 0 Å². The lowest BCUT2D eigenvalue weighted by molar-refractivity contribution is -1.00. The number of quaternary nitrogens is 2. The molecular weight excluding hydrogens is 296 g/mol. The Morgan fingerprint density at radius 2 is 2.05 bits per heavy atom. The summed E-state index contributed by atoms with van der Waals surface area (Å²) in [5.41, 5.74) is 1.19. The zero-order valence-corrected chi connectivity index (χ0v) is 13.4. The number of hydrogen-bond acceptors (Lipinski definition) is 4. The van der Waals surface area contributed by atoms with Crippen LogP contribution in [0.15, 0.2) is 30.0 Å². The molecule has 0 atom stereocenters. The minimum atomic E-state index is 0.163. The number of para-hydroxylation sites is 1. The number of nitriles is 1. The third-order valence-corrected chi connectivity index (χ3v) is 5.19. The Morgan fingerprint density at radius 3 is 2.73 bits per heavy atom. The van der Waals surface area contributed by atoms with Gasteiger partial charge in [0.1, 0.15) is 49.4 Å². The summed E-state index contributed by atoms with van der Waals surface area (Å²) in [5, 5.41) is 20.4. The molecule has 22 heavy (non-hydrogen) atoms. The van der Waals surface area contributed by atoms with Gasteiger partial charge in [-0.3, -0.25) is 0 Å². The van der Waals surface area contributed by atoms with Crippen molar-refractivity contribution in [3.63, 3.8) is 0 Å². The Balaban J connectivity index is 1.83. The first kappa shape index (κ1) is 15.0. The first-order chi connectivity index (χ1) is 10.7. The SMILES string of the molecule is C[NH+]1CC[NH+](C/C(O)=C(\C#N)c2nc3ccccc3s2)CC1. The van der Waals surface area contributed by atoms with Crippen LogP contribution in [0.1, 0.15) is 5.01 Å². The standard InChI is InChI=1S/C16H18N4OS/c1-19-6-8-20(9-7-19)11-14(21)12(10-17)16-18-13-4-2-3-5-15(13)22-16/h2-5,21H,6-9,11H2,1H3/p+2/b14-12-. The number of aromatic nitrogens is 1. The number of likely N-dealkylation sites (N-methyl/N-ethyl adjacent to an activating group) is 1. The Labute approximate surface area is 133 Å². The van der Waals surface area contributed by atoms with E-state index in [-0.39, 0.29) is 5.76 Å². The van der Waals surface area contributed by atoms with Gasteiger partial charge in [0.05, 0.1) is 17.3 Å². The molecule has 1 aliphatic heterocycles. The number of allylic oxidation sites excluding steroid dienone is 1. The summed E-state index contributed by atoms with van der Waals surface area (Å²) in [5.74, 6) is 0.163. The van der Waals surface area contributed by atoms with E-state index >= 15 is 0 Å². The molecule has 0 amide bonds. The zero-order chi connectivity index (χ0) is 15.5. The number of fused-ring (bicyclic) bond motifs is 1. The zero-order valence-electron chi connectivity index (χ0n) is 12.6. The van der Waals surface area contributed by atoms with Crippen LogP contribution in [-0.4, -0.2) is 49.9 Å². The second kappa shape index (κ2) is 6.44. The van der Waals surface area contributed by atoms with E-state index in [0.717, 1.165) is 36.4 Å². The largest absolute Gasteiger partial charge is 0.506 e. The number of piperazine rings is 1. The molecule has 1 aliphatic rings. The van der Waals surface area contributed by atoms with Crippen molar-refractivity contribution in [3.05, 3.63) is 35.0 Å². The number of hydrogen-bond donors (Lipinski definition) is 3. The maximum absolute atomic E-state index is 10.4. The maximum atomic E-state index is 10.4. The summed E-state index contributed by atoms with van der Waals surface area (Å²) < 4.78 is 1.04. The van der Waals surface area contributed by atoms with Gasteiger partial charge in [-0.05, 0) is 12.1 Å². The van der Waals surface area contributed by atoms with E-state index in [0.29, 0.717) is 17.1 Å². The average Bonchev–Trinajstić information content (AvgIpc) is 2.94. The van der Waals surface area contributed by atoms with Crippen LogP contribution in [0, 0.1) is 11.3 Å². The lowest BCUT2D eigenvalue weighted by atomic mass is 10.2. The molecule has 0 radical (unpaired) electrons. The van der Waals surface area contributed by atoms with Crippen molar-refractivity contribution in [2.45, 2.75) is 0 Å². The van der Waals surface area contributed by atoms with Crippen LogP contribution in [0.5, 0.6) is 0 Å². The topological polar surface area (TPSA) is 65.8 Å². The number of aliphatic hydroxyl groups excluding tert-OH is 1. The highest BCUT2D eigenvalue weighted by molar-refractivity contribution is 7.19. The molecule has 0 unspecified atom stereocenters. The number of rotatable bonds is 3. The fourth-order valence-electron chi connectivity index (χ4n) is 2.75. The van der Waals surface area contributed by atoms with Gasteiger partial charge in [0.25, 0.3) is 0 Å². The van der Waals surface area contributed by atoms with Crippen molar-refractivity contribution in [2.24, 2.45) is 0 Å². The second-order valence-corrected chi connectivity index (χ2v) is 6.83. The smallest absolute Gasteiger partial charge is 0.168 e. The Morgan fingerprint density at radius 1 is 1.32 bits per heavy atom. The highest BCUT2D eigenvalue weighted by Crippen LogP contribution is 2.27. The molecule has 2 aromatic rings. The molecule has 3 rings (SSSR count). The molecule has 1 aromatic heterocycles. The molecule has 2 heterocycles. The van der Waals surface area contributed by atoms with E-state index in [1.165, 1.54) is 21.1 Å². The van der Waals surface area contributed by atoms with Crippen molar-refractivity contribution in [1.82, 2.24) is 4.98 Å². The molecule has 5 nitrogen and oxygen atoms in total. The van der Waals surface area contributed by atoms with Crippen molar-refractivity contribution in [2.75, 3.05) is 39.8 Å². The third kappa shape index (κ3) is 3.12. The Kier molecular flexibility index (Phi) is 4.39. The fourth-order valence-corrected chi connectivity index (χ4v) is 3.73. The number of aliphatic hydroxyl groups is 1. The Bertz CT molecular complexity index is 705. The second-order valence-electron chi connectivity index (χ2n) is 5.80. The van der Waals surface area contributed by atoms with Gasteiger partial charge in [-0.15, -0.1) is 11.3 Å². The van der Waals surface area contributed by atoms with Crippen molar-refractivity contribution in [1.29, 1.82) is 5.26 Å². The molecular formula is C16H20N4OS+2. The predicted molar refractivity (Wildman–Crippen MR) is 87.0 cm³/mol. The highest BCUT2D eigenvalue weighted by atomic mass is 32.1. The lowest BCUT2D eigenvalue weighted by Gasteiger charge is -2.27. The van der Waals surface area contributed by atoms with Gasteiger partial charge in [-0.25, -0.2) is 4.98 Å². The first-order valence-corrected chi connectivity index (χ1v) is 8.32. The summed E-state index contributed by atoms with van der Waals surface area (Å²) in [7, 11) is 2.19. The third-order valence-electron chi connectivity index (χ3n) is 4.14. The highest BCUT2D eigenvalue weighted by Gasteiger charge is 2.23. The van der Waals surface area contributed by atoms with Gasteiger partial charge in [0.15, 0.2) is 5.76 Å². The molecule has 114 valence electrons. The van der Waals surface area contributed by atoms with Gasteiger partial charge < -0.3 is 14.9 Å². The van der Waals surface area contributed by atoms with Crippen LogP contribution in [0.25, 0.3) is 15.8 Å². The minimum absolute atomic E-state index is 0.163. The quantitative estimate of drug-likeness (QED) is 0.528. The number of nitrogens with one attached hydrogen (secondary N) is 2. The minimum Gasteiger partial charge on any atom is -0.506 e. The van der Waals surface area contributed by atoms with Gasteiger partial charge in [-0.1, -0.05) is 12.1 Å². The molecule has 3 N–H and O–H groups in total. The average molecular weight is 316 g/mol. The maximum Gasteiger partial charge on any atom is 0.168 e. The van der Waals surface area contributed by atoms with E-state index in [2.05, 4.69) is 18.1 Å². The molecule has 0 aliphatic carbocycles. The number of benzene rings is 1. The van der Waals surface area contributed by atoms with Crippen molar-refractivity contribution in [3.8, 4) is 6.07 Å². The van der Waals surface area contributed by atoms with Crippen LogP contribution >= 0.6 is 11.3 Å². The van der Waals surface area contributed by atoms with Gasteiger partial charge in [-0.2, -0.15) is 5.26 Å². The molecule has 1 aromatic carbocycles. The Hall–Kier alpha value is -1.94. The molecule has 1 saturated heterocycles. The van der Waals surface area contributed by atoms with Crippen molar-refractivity contribution >= 4 is 27.1 Å². The summed E-state index contributed by atoms with van der Waals surface area (Å²) in [4.78, 5) is 7.33. The molecule has 0 spiro atoms. The lowest BCUT2D eigenvalue weighted by Crippen LogP contribution is -3.27. The normalized spacial score (nSPS) is 23.1.